The molecule has 1 aromatic carbocycles. The molecule has 0 aliphatic rings. The van der Waals surface area contributed by atoms with Crippen molar-refractivity contribution in [3.8, 4) is 11.5 Å². The molecule has 7 nitrogen and oxygen atoms in total. The van der Waals surface area contributed by atoms with Crippen molar-refractivity contribution in [1.29, 1.82) is 0 Å². The van der Waals surface area contributed by atoms with E-state index in [1.807, 2.05) is 0 Å². The Labute approximate surface area is 98.1 Å². The molecule has 0 aliphatic heterocycles. The first-order valence-electron chi connectivity index (χ1n) is 4.65. The van der Waals surface area contributed by atoms with Crippen molar-refractivity contribution in [2.75, 3.05) is 12.4 Å². The Morgan fingerprint density at radius 1 is 1.24 bits per heavy atom. The number of phenols is 2. The van der Waals surface area contributed by atoms with Gasteiger partial charge in [-0.15, -0.1) is 0 Å². The zero-order valence-electron chi connectivity index (χ0n) is 8.74. The molecule has 1 aromatic rings. The number of aliphatic hydroxyl groups is 1. The molecule has 8 heteroatoms. The maximum atomic E-state index is 10.4. The fraction of sp³-hybridized carbons (Fsp3) is 0.333. The predicted octanol–water partition coefficient (Wildman–Crippen LogP) is -0.434. The van der Waals surface area contributed by atoms with Gasteiger partial charge in [-0.05, 0) is 17.7 Å². The lowest BCUT2D eigenvalue weighted by Crippen LogP contribution is -2.27. The van der Waals surface area contributed by atoms with E-state index in [1.54, 1.807) is 0 Å². The third-order valence-corrected chi connectivity index (χ3v) is 2.58. The monoisotopic (exact) mass is 263 g/mol. The average Bonchev–Trinajstić information content (AvgIpc) is 2.20. The van der Waals surface area contributed by atoms with E-state index < -0.39 is 22.1 Å². The fourth-order valence-electron chi connectivity index (χ4n) is 1.19. The van der Waals surface area contributed by atoms with Crippen molar-refractivity contribution in [3.05, 3.63) is 23.8 Å². The summed E-state index contributed by atoms with van der Waals surface area (Å²) in [5.41, 5.74) is 0.308. The molecular formula is C9H13NO6S. The van der Waals surface area contributed by atoms with Gasteiger partial charge in [0, 0.05) is 6.54 Å². The lowest BCUT2D eigenvalue weighted by Gasteiger charge is -2.12. The zero-order chi connectivity index (χ0) is 13.1. The molecule has 5 N–H and O–H groups in total. The smallest absolute Gasteiger partial charge is 0.278 e. The van der Waals surface area contributed by atoms with Gasteiger partial charge < -0.3 is 15.3 Å². The van der Waals surface area contributed by atoms with Crippen LogP contribution in [0.4, 0.5) is 0 Å². The summed E-state index contributed by atoms with van der Waals surface area (Å²) in [7, 11) is -4.13. The summed E-state index contributed by atoms with van der Waals surface area (Å²) in [6, 6.07) is 3.75. The topological polar surface area (TPSA) is 127 Å². The molecule has 1 atom stereocenters. The van der Waals surface area contributed by atoms with Crippen molar-refractivity contribution in [2.24, 2.45) is 0 Å². The Hall–Kier alpha value is -1.35. The normalized spacial score (nSPS) is 13.5. The van der Waals surface area contributed by atoms with Crippen molar-refractivity contribution in [3.63, 3.8) is 0 Å². The van der Waals surface area contributed by atoms with E-state index in [0.717, 1.165) is 6.07 Å². The molecule has 0 aliphatic carbocycles. The van der Waals surface area contributed by atoms with E-state index in [4.69, 9.17) is 9.66 Å². The van der Waals surface area contributed by atoms with Crippen LogP contribution in [0.1, 0.15) is 11.7 Å². The van der Waals surface area contributed by atoms with Gasteiger partial charge in [-0.25, -0.2) is 0 Å². The summed E-state index contributed by atoms with van der Waals surface area (Å²) in [5, 5.41) is 30.2. The van der Waals surface area contributed by atoms with Crippen LogP contribution in [0.2, 0.25) is 0 Å². The lowest BCUT2D eigenvalue weighted by molar-refractivity contribution is 0.176. The summed E-state index contributed by atoms with van der Waals surface area (Å²) >= 11 is 0. The minimum absolute atomic E-state index is 0.121. The first-order chi connectivity index (χ1) is 7.79. The van der Waals surface area contributed by atoms with Gasteiger partial charge in [0.25, 0.3) is 10.1 Å². The first-order valence-corrected chi connectivity index (χ1v) is 6.26. The Bertz CT molecular complexity index is 486. The van der Waals surface area contributed by atoms with Gasteiger partial charge in [0.05, 0.1) is 6.10 Å². The summed E-state index contributed by atoms with van der Waals surface area (Å²) < 4.78 is 29.2. The van der Waals surface area contributed by atoms with Crippen LogP contribution < -0.4 is 5.32 Å². The molecule has 0 amide bonds. The van der Waals surface area contributed by atoms with Crippen LogP contribution in [-0.2, 0) is 10.1 Å². The highest BCUT2D eigenvalue weighted by atomic mass is 32.2. The minimum Gasteiger partial charge on any atom is -0.504 e. The third kappa shape index (κ3) is 4.57. The Morgan fingerprint density at radius 3 is 2.41 bits per heavy atom. The van der Waals surface area contributed by atoms with Gasteiger partial charge in [-0.1, -0.05) is 6.07 Å². The largest absolute Gasteiger partial charge is 0.504 e. The van der Waals surface area contributed by atoms with Crippen molar-refractivity contribution >= 4 is 10.1 Å². The standard InChI is InChI=1S/C9H13NO6S/c11-7-2-1-6(3-8(7)12)9(13)4-10-5-17(14,15)16/h1-3,9-13H,4-5H2,(H,14,15,16). The van der Waals surface area contributed by atoms with Crippen LogP contribution in [0.3, 0.4) is 0 Å². The van der Waals surface area contributed by atoms with Gasteiger partial charge >= 0.3 is 0 Å². The van der Waals surface area contributed by atoms with Crippen molar-refractivity contribution in [1.82, 2.24) is 5.32 Å². The molecule has 96 valence electrons. The molecule has 1 unspecified atom stereocenters. The second-order valence-electron chi connectivity index (χ2n) is 3.44. The van der Waals surface area contributed by atoms with Gasteiger partial charge in [-0.3, -0.25) is 9.87 Å². The van der Waals surface area contributed by atoms with Gasteiger partial charge in [-0.2, -0.15) is 8.42 Å². The second-order valence-corrected chi connectivity index (χ2v) is 4.90. The Kier molecular flexibility index (Phi) is 4.29. The summed E-state index contributed by atoms with van der Waals surface area (Å²) in [5.74, 6) is -1.36. The van der Waals surface area contributed by atoms with E-state index in [9.17, 15) is 18.6 Å². The van der Waals surface area contributed by atoms with E-state index in [1.165, 1.54) is 12.1 Å². The fourth-order valence-corrected chi connectivity index (χ4v) is 1.57. The van der Waals surface area contributed by atoms with E-state index >= 15 is 0 Å². The minimum atomic E-state index is -4.13. The molecule has 0 aromatic heterocycles. The summed E-state index contributed by atoms with van der Waals surface area (Å²) in [6.45, 7) is -0.121. The number of nitrogens with one attached hydrogen (secondary N) is 1. The number of phenolic OH excluding ortho intramolecular Hbond substituents is 2. The van der Waals surface area contributed by atoms with Crippen molar-refractivity contribution in [2.45, 2.75) is 6.10 Å². The molecule has 17 heavy (non-hydrogen) atoms. The van der Waals surface area contributed by atoms with Crippen LogP contribution in [-0.4, -0.2) is 40.7 Å². The van der Waals surface area contributed by atoms with Crippen LogP contribution in [0, 0.1) is 0 Å². The number of aromatic hydroxyl groups is 2. The summed E-state index contributed by atoms with van der Waals surface area (Å²) in [4.78, 5) is 0. The van der Waals surface area contributed by atoms with E-state index in [-0.39, 0.29) is 18.0 Å². The van der Waals surface area contributed by atoms with Gasteiger partial charge in [0.2, 0.25) is 0 Å². The maximum Gasteiger partial charge on any atom is 0.278 e. The van der Waals surface area contributed by atoms with Crippen LogP contribution in [0.15, 0.2) is 18.2 Å². The Morgan fingerprint density at radius 2 is 1.88 bits per heavy atom. The van der Waals surface area contributed by atoms with Crippen LogP contribution in [0.25, 0.3) is 0 Å². The zero-order valence-corrected chi connectivity index (χ0v) is 9.55. The molecule has 0 fully saturated rings. The third-order valence-electron chi connectivity index (χ3n) is 2.01. The van der Waals surface area contributed by atoms with E-state index in [0.29, 0.717) is 5.56 Å². The number of hydrogen-bond donors (Lipinski definition) is 5. The Balaban J connectivity index is 2.58. The number of benzene rings is 1. The quantitative estimate of drug-likeness (QED) is 0.360. The molecule has 0 bridgehead atoms. The van der Waals surface area contributed by atoms with Gasteiger partial charge in [0.1, 0.15) is 5.88 Å². The highest BCUT2D eigenvalue weighted by Crippen LogP contribution is 2.27. The number of rotatable bonds is 5. The average molecular weight is 263 g/mol. The molecule has 0 heterocycles. The molecular weight excluding hydrogens is 250 g/mol. The SMILES string of the molecule is O=S(=O)(O)CNCC(O)c1ccc(O)c(O)c1. The lowest BCUT2D eigenvalue weighted by atomic mass is 10.1. The maximum absolute atomic E-state index is 10.4. The van der Waals surface area contributed by atoms with Crippen LogP contribution >= 0.6 is 0 Å². The molecule has 1 rings (SSSR count). The van der Waals surface area contributed by atoms with Crippen molar-refractivity contribution < 1.29 is 28.3 Å². The summed E-state index contributed by atoms with van der Waals surface area (Å²) in [6.07, 6.45) is -1.07. The highest BCUT2D eigenvalue weighted by Gasteiger charge is 2.11. The highest BCUT2D eigenvalue weighted by molar-refractivity contribution is 7.85. The van der Waals surface area contributed by atoms with Crippen LogP contribution in [0.5, 0.6) is 11.5 Å². The number of hydrogen-bond acceptors (Lipinski definition) is 6. The van der Waals surface area contributed by atoms with Gasteiger partial charge in [0.15, 0.2) is 11.5 Å². The molecule has 0 saturated carbocycles. The first kappa shape index (κ1) is 13.7. The van der Waals surface area contributed by atoms with E-state index in [2.05, 4.69) is 5.32 Å². The molecule has 0 saturated heterocycles. The number of aliphatic hydroxyl groups excluding tert-OH is 1. The molecule has 0 radical (unpaired) electrons. The second kappa shape index (κ2) is 5.32. The predicted molar refractivity (Wildman–Crippen MR) is 59.1 cm³/mol. The molecule has 0 spiro atoms.